The molecule has 1 aliphatic carbocycles. The summed E-state index contributed by atoms with van der Waals surface area (Å²) in [6.45, 7) is 0. The van der Waals surface area contributed by atoms with E-state index in [1.165, 1.54) is 22.6 Å². The zero-order valence-corrected chi connectivity index (χ0v) is 14.6. The molecule has 0 aliphatic heterocycles. The van der Waals surface area contributed by atoms with E-state index >= 15 is 0 Å². The standard InChI is InChI=1S/C17H14Cl2N2OS/c18-11-6-10(7-12(19)8-11)16(22)21-17-14(9-20)13-4-2-1-3-5-15(13)23-17/h6-8H,1-5H2,(H,21,22). The molecule has 23 heavy (non-hydrogen) atoms. The van der Waals surface area contributed by atoms with E-state index in [2.05, 4.69) is 11.4 Å². The minimum absolute atomic E-state index is 0.303. The van der Waals surface area contributed by atoms with E-state index in [0.717, 1.165) is 31.2 Å². The molecule has 0 fully saturated rings. The molecule has 1 aromatic carbocycles. The van der Waals surface area contributed by atoms with Crippen LogP contribution < -0.4 is 5.32 Å². The van der Waals surface area contributed by atoms with Gasteiger partial charge in [-0.2, -0.15) is 5.26 Å². The summed E-state index contributed by atoms with van der Waals surface area (Å²) in [5.74, 6) is -0.303. The van der Waals surface area contributed by atoms with Gasteiger partial charge in [0.1, 0.15) is 11.1 Å². The lowest BCUT2D eigenvalue weighted by Gasteiger charge is -2.05. The van der Waals surface area contributed by atoms with E-state index < -0.39 is 0 Å². The minimum atomic E-state index is -0.303. The smallest absolute Gasteiger partial charge is 0.256 e. The average molecular weight is 365 g/mol. The highest BCUT2D eigenvalue weighted by Gasteiger charge is 2.21. The van der Waals surface area contributed by atoms with Crippen molar-refractivity contribution in [3.8, 4) is 6.07 Å². The number of aryl methyl sites for hydroxylation is 1. The molecule has 3 nitrogen and oxygen atoms in total. The van der Waals surface area contributed by atoms with Crippen molar-refractivity contribution >= 4 is 45.4 Å². The number of nitriles is 1. The summed E-state index contributed by atoms with van der Waals surface area (Å²) >= 11 is 13.4. The van der Waals surface area contributed by atoms with Crippen molar-refractivity contribution in [2.75, 3.05) is 5.32 Å². The zero-order valence-electron chi connectivity index (χ0n) is 12.3. The summed E-state index contributed by atoms with van der Waals surface area (Å²) in [6, 6.07) is 6.96. The number of anilines is 1. The third-order valence-electron chi connectivity index (χ3n) is 3.88. The first-order valence-electron chi connectivity index (χ1n) is 7.40. The lowest BCUT2D eigenvalue weighted by Crippen LogP contribution is -2.11. The number of fused-ring (bicyclic) bond motifs is 1. The monoisotopic (exact) mass is 364 g/mol. The van der Waals surface area contributed by atoms with Crippen LogP contribution in [0.1, 0.15) is 45.6 Å². The number of carbonyl (C=O) groups excluding carboxylic acids is 1. The van der Waals surface area contributed by atoms with Gasteiger partial charge in [-0.1, -0.05) is 29.6 Å². The Labute approximate surface area is 148 Å². The van der Waals surface area contributed by atoms with Crippen molar-refractivity contribution in [1.29, 1.82) is 5.26 Å². The Hall–Kier alpha value is -1.54. The Morgan fingerprint density at radius 2 is 1.83 bits per heavy atom. The van der Waals surface area contributed by atoms with E-state index in [1.807, 2.05) is 0 Å². The summed E-state index contributed by atoms with van der Waals surface area (Å²) in [5, 5.41) is 13.8. The summed E-state index contributed by atoms with van der Waals surface area (Å²) in [4.78, 5) is 13.7. The number of thiophene rings is 1. The van der Waals surface area contributed by atoms with Gasteiger partial charge in [0.05, 0.1) is 5.56 Å². The normalized spacial score (nSPS) is 13.8. The van der Waals surface area contributed by atoms with Gasteiger partial charge in [0.2, 0.25) is 0 Å². The highest BCUT2D eigenvalue weighted by Crippen LogP contribution is 2.37. The van der Waals surface area contributed by atoms with E-state index in [1.54, 1.807) is 18.2 Å². The number of nitrogens with one attached hydrogen (secondary N) is 1. The van der Waals surface area contributed by atoms with Crippen molar-refractivity contribution in [3.05, 3.63) is 49.8 Å². The van der Waals surface area contributed by atoms with Gasteiger partial charge in [-0.3, -0.25) is 4.79 Å². The molecule has 0 spiro atoms. The molecule has 0 unspecified atom stereocenters. The van der Waals surface area contributed by atoms with Gasteiger partial charge in [0, 0.05) is 20.5 Å². The Kier molecular flexibility index (Phi) is 4.91. The number of benzene rings is 1. The SMILES string of the molecule is N#Cc1c(NC(=O)c2cc(Cl)cc(Cl)c2)sc2c1CCCCC2. The van der Waals surface area contributed by atoms with Crippen LogP contribution in [0.4, 0.5) is 5.00 Å². The Bertz CT molecular complexity index is 787. The second kappa shape index (κ2) is 6.92. The number of hydrogen-bond acceptors (Lipinski definition) is 3. The van der Waals surface area contributed by atoms with E-state index in [4.69, 9.17) is 23.2 Å². The first-order valence-corrected chi connectivity index (χ1v) is 8.98. The first-order chi connectivity index (χ1) is 11.1. The van der Waals surface area contributed by atoms with Gasteiger partial charge in [-0.05, 0) is 49.4 Å². The van der Waals surface area contributed by atoms with Gasteiger partial charge >= 0.3 is 0 Å². The molecule has 0 bridgehead atoms. The number of halogens is 2. The van der Waals surface area contributed by atoms with Crippen LogP contribution >= 0.6 is 34.5 Å². The molecule has 0 radical (unpaired) electrons. The molecular formula is C17H14Cl2N2OS. The minimum Gasteiger partial charge on any atom is -0.312 e. The lowest BCUT2D eigenvalue weighted by molar-refractivity contribution is 0.102. The molecule has 1 heterocycles. The summed E-state index contributed by atoms with van der Waals surface area (Å²) in [5.41, 5.74) is 2.10. The fourth-order valence-electron chi connectivity index (χ4n) is 2.81. The second-order valence-corrected chi connectivity index (χ2v) is 7.47. The van der Waals surface area contributed by atoms with Crippen LogP contribution in [0.3, 0.4) is 0 Å². The second-order valence-electron chi connectivity index (χ2n) is 5.49. The van der Waals surface area contributed by atoms with Crippen LogP contribution in [0.2, 0.25) is 10.0 Å². The highest BCUT2D eigenvalue weighted by atomic mass is 35.5. The van der Waals surface area contributed by atoms with Crippen LogP contribution in [0.15, 0.2) is 18.2 Å². The Morgan fingerprint density at radius 1 is 1.13 bits per heavy atom. The predicted octanol–water partition coefficient (Wildman–Crippen LogP) is 5.45. The molecule has 1 amide bonds. The van der Waals surface area contributed by atoms with Crippen LogP contribution in [-0.2, 0) is 12.8 Å². The van der Waals surface area contributed by atoms with Crippen LogP contribution in [-0.4, -0.2) is 5.91 Å². The molecule has 2 aromatic rings. The quantitative estimate of drug-likeness (QED) is 0.720. The third kappa shape index (κ3) is 3.53. The van der Waals surface area contributed by atoms with Gasteiger partial charge in [-0.15, -0.1) is 11.3 Å². The third-order valence-corrected chi connectivity index (χ3v) is 5.53. The maximum atomic E-state index is 12.4. The highest BCUT2D eigenvalue weighted by molar-refractivity contribution is 7.16. The van der Waals surface area contributed by atoms with Gasteiger partial charge in [-0.25, -0.2) is 0 Å². The average Bonchev–Trinajstić information content (AvgIpc) is 2.67. The van der Waals surface area contributed by atoms with Gasteiger partial charge in [0.15, 0.2) is 0 Å². The molecule has 1 N–H and O–H groups in total. The molecule has 6 heteroatoms. The topological polar surface area (TPSA) is 52.9 Å². The number of amides is 1. The molecule has 0 saturated carbocycles. The number of nitrogens with zero attached hydrogens (tertiary/aromatic N) is 1. The molecule has 3 rings (SSSR count). The van der Waals surface area contributed by atoms with Crippen molar-refractivity contribution in [2.45, 2.75) is 32.1 Å². The van der Waals surface area contributed by atoms with Crippen LogP contribution in [0.5, 0.6) is 0 Å². The van der Waals surface area contributed by atoms with E-state index in [-0.39, 0.29) is 5.91 Å². The largest absolute Gasteiger partial charge is 0.312 e. The van der Waals surface area contributed by atoms with Crippen LogP contribution in [0, 0.1) is 11.3 Å². The maximum absolute atomic E-state index is 12.4. The number of hydrogen-bond donors (Lipinski definition) is 1. The predicted molar refractivity (Wildman–Crippen MR) is 94.7 cm³/mol. The molecule has 0 atom stereocenters. The number of carbonyl (C=O) groups is 1. The molecule has 1 aliphatic rings. The summed E-state index contributed by atoms with van der Waals surface area (Å²) in [6.07, 6.45) is 5.31. The lowest BCUT2D eigenvalue weighted by atomic mass is 10.1. The number of rotatable bonds is 2. The van der Waals surface area contributed by atoms with Gasteiger partial charge < -0.3 is 5.32 Å². The summed E-state index contributed by atoms with van der Waals surface area (Å²) < 4.78 is 0. The molecule has 1 aromatic heterocycles. The molecular weight excluding hydrogens is 351 g/mol. The Morgan fingerprint density at radius 3 is 2.52 bits per heavy atom. The zero-order chi connectivity index (χ0) is 16.4. The first kappa shape index (κ1) is 16.3. The fraction of sp³-hybridized carbons (Fsp3) is 0.294. The van der Waals surface area contributed by atoms with Gasteiger partial charge in [0.25, 0.3) is 5.91 Å². The molecule has 118 valence electrons. The van der Waals surface area contributed by atoms with Crippen molar-refractivity contribution < 1.29 is 4.79 Å². The van der Waals surface area contributed by atoms with E-state index in [0.29, 0.717) is 26.2 Å². The Balaban J connectivity index is 1.91. The van der Waals surface area contributed by atoms with Crippen molar-refractivity contribution in [2.24, 2.45) is 0 Å². The van der Waals surface area contributed by atoms with E-state index in [9.17, 15) is 10.1 Å². The maximum Gasteiger partial charge on any atom is 0.256 e. The van der Waals surface area contributed by atoms with Crippen molar-refractivity contribution in [1.82, 2.24) is 0 Å². The van der Waals surface area contributed by atoms with Crippen molar-refractivity contribution in [3.63, 3.8) is 0 Å². The van der Waals surface area contributed by atoms with Crippen LogP contribution in [0.25, 0.3) is 0 Å². The summed E-state index contributed by atoms with van der Waals surface area (Å²) in [7, 11) is 0. The molecule has 0 saturated heterocycles. The fourth-order valence-corrected chi connectivity index (χ4v) is 4.57.